The molecule has 1 amide bonds. The number of hydrogen-bond acceptors (Lipinski definition) is 4. The number of hydrogen-bond donors (Lipinski definition) is 1. The smallest absolute Gasteiger partial charge is 0.384 e. The van der Waals surface area contributed by atoms with Gasteiger partial charge in [-0.3, -0.25) is 4.79 Å². The van der Waals surface area contributed by atoms with Gasteiger partial charge in [-0.15, -0.1) is 23.1 Å². The first-order chi connectivity index (χ1) is 11.4. The van der Waals surface area contributed by atoms with E-state index >= 15 is 0 Å². The van der Waals surface area contributed by atoms with Gasteiger partial charge >= 0.3 is 6.18 Å². The number of carbonyl (C=O) groups is 1. The van der Waals surface area contributed by atoms with E-state index in [1.807, 2.05) is 6.07 Å². The van der Waals surface area contributed by atoms with Crippen molar-refractivity contribution in [3.8, 4) is 0 Å². The number of rotatable bonds is 7. The number of thioether (sulfide) groups is 1. The summed E-state index contributed by atoms with van der Waals surface area (Å²) in [5.74, 6) is 0.572. The summed E-state index contributed by atoms with van der Waals surface area (Å²) in [4.78, 5) is 12.6. The Kier molecular flexibility index (Phi) is 6.70. The van der Waals surface area contributed by atoms with Crippen molar-refractivity contribution in [3.63, 3.8) is 0 Å². The Hall–Kier alpha value is -1.51. The van der Waals surface area contributed by atoms with E-state index in [4.69, 9.17) is 4.74 Å². The maximum Gasteiger partial charge on any atom is 0.416 e. The molecule has 24 heavy (non-hydrogen) atoms. The van der Waals surface area contributed by atoms with E-state index in [1.165, 1.54) is 23.5 Å². The van der Waals surface area contributed by atoms with E-state index < -0.39 is 11.7 Å². The lowest BCUT2D eigenvalue weighted by atomic mass is 10.1. The van der Waals surface area contributed by atoms with Crippen LogP contribution in [0.15, 0.2) is 40.6 Å². The summed E-state index contributed by atoms with van der Waals surface area (Å²) in [5.41, 5.74) is -0.0869. The quantitative estimate of drug-likeness (QED) is 0.575. The molecule has 130 valence electrons. The number of ether oxygens (including phenoxy) is 1. The van der Waals surface area contributed by atoms with E-state index in [0.717, 1.165) is 22.1 Å². The average Bonchev–Trinajstić information content (AvgIpc) is 3.01. The molecule has 0 fully saturated rings. The van der Waals surface area contributed by atoms with Crippen molar-refractivity contribution < 1.29 is 22.7 Å². The molecule has 1 aromatic heterocycles. The largest absolute Gasteiger partial charge is 0.416 e. The number of thiophene rings is 1. The van der Waals surface area contributed by atoms with Crippen LogP contribution in [0.5, 0.6) is 0 Å². The zero-order chi connectivity index (χ0) is 17.6. The van der Waals surface area contributed by atoms with Crippen LogP contribution in [0.2, 0.25) is 0 Å². The Morgan fingerprint density at radius 3 is 2.54 bits per heavy atom. The summed E-state index contributed by atoms with van der Waals surface area (Å²) >= 11 is 2.99. The minimum Gasteiger partial charge on any atom is -0.384 e. The summed E-state index contributed by atoms with van der Waals surface area (Å²) in [6.07, 6.45) is -4.35. The molecule has 0 saturated heterocycles. The first kappa shape index (κ1) is 18.8. The Labute approximate surface area is 146 Å². The second-order valence-corrected chi connectivity index (χ2v) is 7.32. The summed E-state index contributed by atoms with van der Waals surface area (Å²) in [7, 11) is 1.63. The van der Waals surface area contributed by atoms with Crippen LogP contribution >= 0.6 is 23.1 Å². The third-order valence-electron chi connectivity index (χ3n) is 3.07. The van der Waals surface area contributed by atoms with Gasteiger partial charge < -0.3 is 10.1 Å². The first-order valence-electron chi connectivity index (χ1n) is 7.06. The number of halogens is 3. The van der Waals surface area contributed by atoms with Crippen molar-refractivity contribution in [2.24, 2.45) is 0 Å². The minimum atomic E-state index is -4.35. The van der Waals surface area contributed by atoms with Crippen LogP contribution in [0, 0.1) is 0 Å². The molecule has 2 rings (SSSR count). The summed E-state index contributed by atoms with van der Waals surface area (Å²) in [6, 6.07) is 8.36. The van der Waals surface area contributed by atoms with E-state index in [1.54, 1.807) is 24.9 Å². The fourth-order valence-corrected chi connectivity index (χ4v) is 3.85. The highest BCUT2D eigenvalue weighted by molar-refractivity contribution is 8.01. The van der Waals surface area contributed by atoms with E-state index in [2.05, 4.69) is 5.32 Å². The van der Waals surface area contributed by atoms with Gasteiger partial charge in [0, 0.05) is 19.4 Å². The van der Waals surface area contributed by atoms with Crippen LogP contribution in [-0.4, -0.2) is 25.4 Å². The molecule has 0 aliphatic rings. The molecule has 1 aromatic carbocycles. The van der Waals surface area contributed by atoms with E-state index in [0.29, 0.717) is 17.0 Å². The van der Waals surface area contributed by atoms with Crippen LogP contribution in [-0.2, 0) is 17.5 Å². The van der Waals surface area contributed by atoms with Crippen LogP contribution in [0.25, 0.3) is 0 Å². The molecule has 0 saturated carbocycles. The fourth-order valence-electron chi connectivity index (χ4n) is 1.83. The SMILES string of the molecule is COCCSc1ccc(C(=O)NCc2ccc(C(F)(F)F)cc2)s1. The van der Waals surface area contributed by atoms with Gasteiger partial charge in [-0.25, -0.2) is 0 Å². The number of alkyl halides is 3. The molecule has 1 N–H and O–H groups in total. The summed E-state index contributed by atoms with van der Waals surface area (Å²) in [6.45, 7) is 0.818. The highest BCUT2D eigenvalue weighted by atomic mass is 32.2. The van der Waals surface area contributed by atoms with E-state index in [-0.39, 0.29) is 12.5 Å². The Morgan fingerprint density at radius 1 is 1.21 bits per heavy atom. The predicted molar refractivity (Wildman–Crippen MR) is 89.5 cm³/mol. The number of carbonyl (C=O) groups excluding carboxylic acids is 1. The highest BCUT2D eigenvalue weighted by Gasteiger charge is 2.29. The van der Waals surface area contributed by atoms with Crippen molar-refractivity contribution in [1.29, 1.82) is 0 Å². The molecular formula is C16H16F3NO2S2. The van der Waals surface area contributed by atoms with Gasteiger partial charge in [-0.2, -0.15) is 13.2 Å². The number of amides is 1. The molecule has 1 heterocycles. The van der Waals surface area contributed by atoms with Gasteiger partial charge in [0.1, 0.15) is 0 Å². The van der Waals surface area contributed by atoms with Crippen molar-refractivity contribution >= 4 is 29.0 Å². The van der Waals surface area contributed by atoms with Crippen LogP contribution in [0.1, 0.15) is 20.8 Å². The average molecular weight is 375 g/mol. The van der Waals surface area contributed by atoms with Gasteiger partial charge in [0.25, 0.3) is 5.91 Å². The zero-order valence-electron chi connectivity index (χ0n) is 12.9. The van der Waals surface area contributed by atoms with Gasteiger partial charge in [-0.1, -0.05) is 12.1 Å². The molecule has 0 radical (unpaired) electrons. The van der Waals surface area contributed by atoms with Gasteiger partial charge in [0.15, 0.2) is 0 Å². The maximum atomic E-state index is 12.5. The fraction of sp³-hybridized carbons (Fsp3) is 0.312. The lowest BCUT2D eigenvalue weighted by molar-refractivity contribution is -0.137. The molecule has 0 unspecified atom stereocenters. The molecule has 0 aliphatic heterocycles. The minimum absolute atomic E-state index is 0.182. The third kappa shape index (κ3) is 5.54. The molecule has 2 aromatic rings. The number of benzene rings is 1. The second kappa shape index (κ2) is 8.55. The predicted octanol–water partition coefficient (Wildman–Crippen LogP) is 4.44. The van der Waals surface area contributed by atoms with Gasteiger partial charge in [0.2, 0.25) is 0 Å². The Morgan fingerprint density at radius 2 is 1.92 bits per heavy atom. The summed E-state index contributed by atoms with van der Waals surface area (Å²) in [5, 5.41) is 2.71. The van der Waals surface area contributed by atoms with Crippen molar-refractivity contribution in [3.05, 3.63) is 52.4 Å². The van der Waals surface area contributed by atoms with E-state index in [9.17, 15) is 18.0 Å². The first-order valence-corrected chi connectivity index (χ1v) is 8.86. The molecule has 0 bridgehead atoms. The lowest BCUT2D eigenvalue weighted by Crippen LogP contribution is -2.21. The van der Waals surface area contributed by atoms with Crippen LogP contribution in [0.4, 0.5) is 13.2 Å². The lowest BCUT2D eigenvalue weighted by Gasteiger charge is -2.08. The zero-order valence-corrected chi connectivity index (χ0v) is 14.5. The molecular weight excluding hydrogens is 359 g/mol. The van der Waals surface area contributed by atoms with Gasteiger partial charge in [-0.05, 0) is 29.8 Å². The van der Waals surface area contributed by atoms with Crippen molar-refractivity contribution in [2.45, 2.75) is 16.9 Å². The maximum absolute atomic E-state index is 12.5. The van der Waals surface area contributed by atoms with Gasteiger partial charge in [0.05, 0.1) is 21.3 Å². The molecule has 8 heteroatoms. The number of methoxy groups -OCH3 is 1. The topological polar surface area (TPSA) is 38.3 Å². The van der Waals surface area contributed by atoms with Crippen LogP contribution in [0.3, 0.4) is 0 Å². The summed E-state index contributed by atoms with van der Waals surface area (Å²) < 4.78 is 43.5. The van der Waals surface area contributed by atoms with Crippen LogP contribution < -0.4 is 5.32 Å². The number of nitrogens with one attached hydrogen (secondary N) is 1. The Balaban J connectivity index is 1.86. The molecule has 3 nitrogen and oxygen atoms in total. The highest BCUT2D eigenvalue weighted by Crippen LogP contribution is 2.29. The van der Waals surface area contributed by atoms with Crippen molar-refractivity contribution in [2.75, 3.05) is 19.5 Å². The Bertz CT molecular complexity index is 669. The third-order valence-corrected chi connectivity index (χ3v) is 5.34. The monoisotopic (exact) mass is 375 g/mol. The molecule has 0 spiro atoms. The normalized spacial score (nSPS) is 11.5. The second-order valence-electron chi connectivity index (χ2n) is 4.84. The van der Waals surface area contributed by atoms with Crippen molar-refractivity contribution in [1.82, 2.24) is 5.32 Å². The molecule has 0 atom stereocenters. The standard InChI is InChI=1S/C16H16F3NO2S2/c1-22-8-9-23-14-7-6-13(24-14)15(21)20-10-11-2-4-12(5-3-11)16(17,18)19/h2-7H,8-10H2,1H3,(H,20,21). The molecule has 0 aliphatic carbocycles.